The highest BCUT2D eigenvalue weighted by Crippen LogP contribution is 2.19. The number of nitrogens with one attached hydrogen (secondary N) is 2. The molecular formula is C24H37N3O6. The number of nitrogens with zero attached hydrogens (tertiary/aromatic N) is 1. The van der Waals surface area contributed by atoms with Crippen LogP contribution in [0.5, 0.6) is 0 Å². The molecule has 0 fully saturated rings. The molecule has 9 nitrogen and oxygen atoms in total. The summed E-state index contributed by atoms with van der Waals surface area (Å²) in [5, 5.41) is 15.2. The van der Waals surface area contributed by atoms with E-state index in [2.05, 4.69) is 45.8 Å². The predicted octanol–water partition coefficient (Wildman–Crippen LogP) is 3.32. The van der Waals surface area contributed by atoms with Gasteiger partial charge < -0.3 is 30.1 Å². The van der Waals surface area contributed by atoms with Gasteiger partial charge in [-0.25, -0.2) is 14.4 Å². The van der Waals surface area contributed by atoms with Crippen LogP contribution in [0.1, 0.15) is 46.2 Å². The van der Waals surface area contributed by atoms with Crippen LogP contribution in [0.25, 0.3) is 0 Å². The summed E-state index contributed by atoms with van der Waals surface area (Å²) in [5.41, 5.74) is 2.12. The van der Waals surface area contributed by atoms with Gasteiger partial charge in [-0.15, -0.1) is 0 Å². The summed E-state index contributed by atoms with van der Waals surface area (Å²) in [6.45, 7) is 13.4. The minimum Gasteiger partial charge on any atom is -0.479 e. The number of anilines is 1. The van der Waals surface area contributed by atoms with Crippen LogP contribution in [0.2, 0.25) is 0 Å². The maximum atomic E-state index is 11.5. The van der Waals surface area contributed by atoms with Gasteiger partial charge in [0, 0.05) is 29.2 Å². The Morgan fingerprint density at radius 3 is 1.73 bits per heavy atom. The lowest BCUT2D eigenvalue weighted by Crippen LogP contribution is -2.27. The van der Waals surface area contributed by atoms with Crippen LogP contribution in [-0.4, -0.2) is 61.8 Å². The number of hydrogen-bond donors (Lipinski definition) is 3. The number of allylic oxidation sites excluding steroid dienone is 2. The molecule has 0 heterocycles. The van der Waals surface area contributed by atoms with Crippen LogP contribution in [-0.2, 0) is 23.9 Å². The van der Waals surface area contributed by atoms with Crippen molar-refractivity contribution in [3.63, 3.8) is 0 Å². The van der Waals surface area contributed by atoms with Gasteiger partial charge in [-0.3, -0.25) is 0 Å². The molecule has 0 aliphatic carbocycles. The lowest BCUT2D eigenvalue weighted by molar-refractivity contribution is -0.140. The quantitative estimate of drug-likeness (QED) is 0.335. The zero-order valence-electron chi connectivity index (χ0n) is 20.6. The van der Waals surface area contributed by atoms with Gasteiger partial charge in [-0.2, -0.15) is 0 Å². The SMILES string of the molecule is CCN(CC)CC.COC(=O)C=C(C)Nc1ccc(C(NC(C)=CC(=O)OC)C(=O)O)cc1. The smallest absolute Gasteiger partial charge is 0.332 e. The number of benzene rings is 1. The van der Waals surface area contributed by atoms with Gasteiger partial charge in [-0.05, 0) is 51.2 Å². The molecular weight excluding hydrogens is 426 g/mol. The Balaban J connectivity index is 0.00000126. The molecule has 1 rings (SSSR count). The Morgan fingerprint density at radius 1 is 0.909 bits per heavy atom. The van der Waals surface area contributed by atoms with Crippen LogP contribution in [0.4, 0.5) is 5.69 Å². The number of aliphatic carboxylic acids is 1. The fourth-order valence-electron chi connectivity index (χ4n) is 2.72. The maximum Gasteiger partial charge on any atom is 0.332 e. The number of carboxylic acid groups (broad SMARTS) is 1. The van der Waals surface area contributed by atoms with Crippen LogP contribution < -0.4 is 10.6 Å². The molecule has 0 spiro atoms. The van der Waals surface area contributed by atoms with Gasteiger partial charge in [0.25, 0.3) is 0 Å². The molecule has 0 bridgehead atoms. The first-order valence-electron chi connectivity index (χ1n) is 10.7. The molecule has 0 aromatic heterocycles. The van der Waals surface area contributed by atoms with Crippen molar-refractivity contribution in [2.75, 3.05) is 39.2 Å². The Morgan fingerprint density at radius 2 is 1.36 bits per heavy atom. The summed E-state index contributed by atoms with van der Waals surface area (Å²) in [6, 6.07) is 5.59. The molecule has 1 atom stereocenters. The predicted molar refractivity (Wildman–Crippen MR) is 129 cm³/mol. The highest BCUT2D eigenvalue weighted by Gasteiger charge is 2.19. The minimum absolute atomic E-state index is 0.364. The van der Waals surface area contributed by atoms with E-state index in [1.54, 1.807) is 38.1 Å². The molecule has 0 saturated carbocycles. The van der Waals surface area contributed by atoms with Crippen molar-refractivity contribution in [1.82, 2.24) is 10.2 Å². The van der Waals surface area contributed by atoms with Crippen molar-refractivity contribution in [3.8, 4) is 0 Å². The second-order valence-corrected chi connectivity index (χ2v) is 6.98. The largest absolute Gasteiger partial charge is 0.479 e. The first kappa shape index (κ1) is 29.7. The van der Waals surface area contributed by atoms with E-state index in [4.69, 9.17) is 0 Å². The van der Waals surface area contributed by atoms with Crippen LogP contribution in [0.15, 0.2) is 47.8 Å². The van der Waals surface area contributed by atoms with Gasteiger partial charge in [0.05, 0.1) is 14.2 Å². The second-order valence-electron chi connectivity index (χ2n) is 6.98. The Hall–Kier alpha value is -3.33. The van der Waals surface area contributed by atoms with Gasteiger partial charge in [0.1, 0.15) is 6.04 Å². The number of ether oxygens (including phenoxy) is 2. The van der Waals surface area contributed by atoms with Crippen LogP contribution in [0, 0.1) is 0 Å². The van der Waals surface area contributed by atoms with E-state index in [1.807, 2.05) is 0 Å². The molecule has 1 aromatic rings. The molecule has 3 N–H and O–H groups in total. The van der Waals surface area contributed by atoms with Gasteiger partial charge in [-0.1, -0.05) is 32.9 Å². The van der Waals surface area contributed by atoms with Crippen molar-refractivity contribution in [3.05, 3.63) is 53.4 Å². The molecule has 0 saturated heterocycles. The molecule has 1 unspecified atom stereocenters. The highest BCUT2D eigenvalue weighted by atomic mass is 16.5. The van der Waals surface area contributed by atoms with E-state index in [0.29, 0.717) is 22.6 Å². The number of esters is 2. The van der Waals surface area contributed by atoms with Crippen LogP contribution in [0.3, 0.4) is 0 Å². The molecule has 9 heteroatoms. The van der Waals surface area contributed by atoms with Crippen molar-refractivity contribution in [2.45, 2.75) is 40.7 Å². The minimum atomic E-state index is -1.09. The topological polar surface area (TPSA) is 117 Å². The van der Waals surface area contributed by atoms with E-state index in [1.165, 1.54) is 46.0 Å². The van der Waals surface area contributed by atoms with Gasteiger partial charge in [0.2, 0.25) is 0 Å². The number of carbonyl (C=O) groups excluding carboxylic acids is 2. The van der Waals surface area contributed by atoms with Gasteiger partial charge >= 0.3 is 17.9 Å². The Kier molecular flexibility index (Phi) is 14.7. The van der Waals surface area contributed by atoms with Crippen LogP contribution >= 0.6 is 0 Å². The van der Waals surface area contributed by atoms with E-state index >= 15 is 0 Å². The first-order chi connectivity index (χ1) is 15.6. The summed E-state index contributed by atoms with van der Waals surface area (Å²) in [6.07, 6.45) is 2.48. The third-order valence-corrected chi connectivity index (χ3v) is 4.62. The number of carboxylic acids is 1. The van der Waals surface area contributed by atoms with Crippen molar-refractivity contribution >= 4 is 23.6 Å². The third-order valence-electron chi connectivity index (χ3n) is 4.62. The summed E-state index contributed by atoms with van der Waals surface area (Å²) in [4.78, 5) is 36.3. The number of hydrogen-bond acceptors (Lipinski definition) is 8. The van der Waals surface area contributed by atoms with Gasteiger partial charge in [0.15, 0.2) is 0 Å². The Labute approximate surface area is 196 Å². The highest BCUT2D eigenvalue weighted by molar-refractivity contribution is 5.83. The van der Waals surface area contributed by atoms with E-state index in [-0.39, 0.29) is 0 Å². The van der Waals surface area contributed by atoms with E-state index in [0.717, 1.165) is 0 Å². The molecule has 0 radical (unpaired) electrons. The zero-order chi connectivity index (χ0) is 25.4. The maximum absolute atomic E-state index is 11.5. The second kappa shape index (κ2) is 16.3. The fourth-order valence-corrected chi connectivity index (χ4v) is 2.72. The average Bonchev–Trinajstić information content (AvgIpc) is 2.79. The third kappa shape index (κ3) is 12.3. The van der Waals surface area contributed by atoms with Crippen molar-refractivity contribution in [2.24, 2.45) is 0 Å². The molecule has 1 aromatic carbocycles. The summed E-state index contributed by atoms with van der Waals surface area (Å²) >= 11 is 0. The monoisotopic (exact) mass is 463 g/mol. The molecule has 0 aliphatic rings. The summed E-state index contributed by atoms with van der Waals surface area (Å²) in [5.74, 6) is -2.15. The molecule has 0 aliphatic heterocycles. The molecule has 184 valence electrons. The number of methoxy groups -OCH3 is 2. The number of carbonyl (C=O) groups is 3. The summed E-state index contributed by atoms with van der Waals surface area (Å²) < 4.78 is 9.05. The average molecular weight is 464 g/mol. The first-order valence-corrected chi connectivity index (χ1v) is 10.7. The molecule has 0 amide bonds. The zero-order valence-corrected chi connectivity index (χ0v) is 20.6. The molecule has 33 heavy (non-hydrogen) atoms. The van der Waals surface area contributed by atoms with E-state index in [9.17, 15) is 19.5 Å². The van der Waals surface area contributed by atoms with Crippen molar-refractivity contribution < 1.29 is 29.0 Å². The number of rotatable bonds is 11. The fraction of sp³-hybridized carbons (Fsp3) is 0.458. The lowest BCUT2D eigenvalue weighted by Gasteiger charge is -2.17. The normalized spacial score (nSPS) is 12.2. The van der Waals surface area contributed by atoms with Crippen molar-refractivity contribution in [1.29, 1.82) is 0 Å². The van der Waals surface area contributed by atoms with E-state index < -0.39 is 23.9 Å². The Bertz CT molecular complexity index is 808. The standard InChI is InChI=1S/C18H22N2O6.C6H15N/c1-11(9-15(21)25-3)19-14-7-5-13(6-8-14)17(18(23)24)20-12(2)10-16(22)26-4;1-4-7(5-2)6-3/h5-10,17,19-20H,1-4H3,(H,23,24);4-6H2,1-3H3. The summed E-state index contributed by atoms with van der Waals surface area (Å²) in [7, 11) is 2.53. The lowest BCUT2D eigenvalue weighted by atomic mass is 10.1.